The Morgan fingerprint density at radius 2 is 2.04 bits per heavy atom. The quantitative estimate of drug-likeness (QED) is 0.782. The van der Waals surface area contributed by atoms with E-state index in [4.69, 9.17) is 0 Å². The molecule has 1 heterocycles. The van der Waals surface area contributed by atoms with Crippen LogP contribution >= 0.6 is 15.9 Å². The van der Waals surface area contributed by atoms with Crippen LogP contribution in [0.5, 0.6) is 0 Å². The molecule has 23 heavy (non-hydrogen) atoms. The van der Waals surface area contributed by atoms with Crippen molar-refractivity contribution in [2.24, 2.45) is 0 Å². The number of methoxy groups -OCH3 is 1. The molecule has 1 aromatic heterocycles. The normalized spacial score (nSPS) is 12.7. The third kappa shape index (κ3) is 4.15. The van der Waals surface area contributed by atoms with E-state index in [1.807, 2.05) is 0 Å². The molecule has 0 spiro atoms. The van der Waals surface area contributed by atoms with E-state index in [9.17, 15) is 13.2 Å². The highest BCUT2D eigenvalue weighted by Crippen LogP contribution is 2.23. The first kappa shape index (κ1) is 17.6. The number of nitrogens with zero attached hydrogens (tertiary/aromatic N) is 1. The van der Waals surface area contributed by atoms with E-state index in [-0.39, 0.29) is 10.5 Å². The molecule has 122 valence electrons. The van der Waals surface area contributed by atoms with Gasteiger partial charge in [-0.25, -0.2) is 17.9 Å². The molecular formula is C15H15BrN2O4S. The molecule has 1 aromatic carbocycles. The van der Waals surface area contributed by atoms with E-state index >= 15 is 0 Å². The van der Waals surface area contributed by atoms with Crippen LogP contribution in [0.2, 0.25) is 0 Å². The number of carbonyl (C=O) groups is 1. The third-order valence-corrected chi connectivity index (χ3v) is 5.35. The van der Waals surface area contributed by atoms with Crippen molar-refractivity contribution in [3.05, 3.63) is 58.3 Å². The molecule has 0 aliphatic rings. The lowest BCUT2D eigenvalue weighted by Gasteiger charge is -2.14. The van der Waals surface area contributed by atoms with Gasteiger partial charge in [0.1, 0.15) is 0 Å². The number of halogens is 1. The molecule has 2 aromatic rings. The van der Waals surface area contributed by atoms with Gasteiger partial charge in [-0.1, -0.05) is 6.07 Å². The SMILES string of the molecule is COC(=O)c1cc(S(=O)(=O)NC(C)c2ccccn2)ccc1Br. The zero-order valence-electron chi connectivity index (χ0n) is 12.5. The summed E-state index contributed by atoms with van der Waals surface area (Å²) in [6.45, 7) is 1.69. The van der Waals surface area contributed by atoms with E-state index in [1.54, 1.807) is 31.3 Å². The second-order valence-electron chi connectivity index (χ2n) is 4.73. The standard InChI is InChI=1S/C15H15BrN2O4S/c1-10(14-5-3-4-8-17-14)18-23(20,21)11-6-7-13(16)12(9-11)15(19)22-2/h3-10,18H,1-2H3. The molecule has 0 aliphatic carbocycles. The van der Waals surface area contributed by atoms with Crippen LogP contribution in [0.15, 0.2) is 52.0 Å². The van der Waals surface area contributed by atoms with Crippen LogP contribution in [-0.2, 0) is 14.8 Å². The van der Waals surface area contributed by atoms with Crippen LogP contribution in [-0.4, -0.2) is 26.5 Å². The van der Waals surface area contributed by atoms with Gasteiger partial charge in [-0.3, -0.25) is 4.98 Å². The first-order chi connectivity index (χ1) is 10.8. The zero-order chi connectivity index (χ0) is 17.0. The number of pyridine rings is 1. The Balaban J connectivity index is 2.31. The van der Waals surface area contributed by atoms with E-state index in [0.29, 0.717) is 10.2 Å². The van der Waals surface area contributed by atoms with Gasteiger partial charge in [0, 0.05) is 10.7 Å². The number of hydrogen-bond donors (Lipinski definition) is 1. The number of carbonyl (C=O) groups excluding carboxylic acids is 1. The lowest BCUT2D eigenvalue weighted by molar-refractivity contribution is 0.0599. The highest BCUT2D eigenvalue weighted by atomic mass is 79.9. The second kappa shape index (κ2) is 7.20. The highest BCUT2D eigenvalue weighted by Gasteiger charge is 2.21. The largest absolute Gasteiger partial charge is 0.465 e. The topological polar surface area (TPSA) is 85.4 Å². The third-order valence-electron chi connectivity index (χ3n) is 3.12. The average Bonchev–Trinajstić information content (AvgIpc) is 2.54. The maximum atomic E-state index is 12.5. The Morgan fingerprint density at radius 1 is 1.30 bits per heavy atom. The van der Waals surface area contributed by atoms with Crippen LogP contribution in [0.1, 0.15) is 29.0 Å². The van der Waals surface area contributed by atoms with Crippen LogP contribution < -0.4 is 4.72 Å². The Morgan fingerprint density at radius 3 is 2.65 bits per heavy atom. The van der Waals surface area contributed by atoms with Crippen LogP contribution in [0.4, 0.5) is 0 Å². The molecule has 0 amide bonds. The molecule has 1 N–H and O–H groups in total. The summed E-state index contributed by atoms with van der Waals surface area (Å²) in [6.07, 6.45) is 1.59. The average molecular weight is 399 g/mol. The monoisotopic (exact) mass is 398 g/mol. The summed E-state index contributed by atoms with van der Waals surface area (Å²) in [6, 6.07) is 8.92. The van der Waals surface area contributed by atoms with Gasteiger partial charge in [0.05, 0.1) is 29.3 Å². The van der Waals surface area contributed by atoms with Crippen molar-refractivity contribution in [3.63, 3.8) is 0 Å². The van der Waals surface area contributed by atoms with Gasteiger partial charge in [0.25, 0.3) is 0 Å². The number of rotatable bonds is 5. The molecule has 0 saturated heterocycles. The number of sulfonamides is 1. The predicted molar refractivity (Wildman–Crippen MR) is 88.5 cm³/mol. The summed E-state index contributed by atoms with van der Waals surface area (Å²) in [5.74, 6) is -0.619. The molecule has 0 bridgehead atoms. The van der Waals surface area contributed by atoms with Gasteiger partial charge in [-0.2, -0.15) is 0 Å². The summed E-state index contributed by atoms with van der Waals surface area (Å²) in [5, 5.41) is 0. The zero-order valence-corrected chi connectivity index (χ0v) is 14.9. The second-order valence-corrected chi connectivity index (χ2v) is 7.30. The Kier molecular flexibility index (Phi) is 5.51. The van der Waals surface area contributed by atoms with Crippen molar-refractivity contribution in [2.45, 2.75) is 17.9 Å². The number of hydrogen-bond acceptors (Lipinski definition) is 5. The van der Waals surface area contributed by atoms with Crippen molar-refractivity contribution in [2.75, 3.05) is 7.11 Å². The minimum absolute atomic E-state index is 0.0242. The minimum Gasteiger partial charge on any atom is -0.465 e. The van der Waals surface area contributed by atoms with Crippen molar-refractivity contribution >= 4 is 31.9 Å². The Bertz CT molecular complexity index is 809. The van der Waals surface area contributed by atoms with Crippen molar-refractivity contribution in [1.82, 2.24) is 9.71 Å². The lowest BCUT2D eigenvalue weighted by atomic mass is 10.2. The molecule has 0 saturated carbocycles. The molecule has 2 rings (SSSR count). The molecule has 0 fully saturated rings. The van der Waals surface area contributed by atoms with Gasteiger partial charge in [0.2, 0.25) is 10.0 Å². The van der Waals surface area contributed by atoms with E-state index in [1.165, 1.54) is 25.3 Å². The fourth-order valence-corrected chi connectivity index (χ4v) is 3.58. The maximum absolute atomic E-state index is 12.5. The van der Waals surface area contributed by atoms with Gasteiger partial charge in [-0.15, -0.1) is 0 Å². The molecule has 1 unspecified atom stereocenters. The van der Waals surface area contributed by atoms with Crippen LogP contribution in [0.3, 0.4) is 0 Å². The first-order valence-electron chi connectivity index (χ1n) is 6.66. The van der Waals surface area contributed by atoms with E-state index in [0.717, 1.165) is 0 Å². The minimum atomic E-state index is -3.81. The smallest absolute Gasteiger partial charge is 0.339 e. The Labute approximate surface area is 143 Å². The number of benzene rings is 1. The summed E-state index contributed by atoms with van der Waals surface area (Å²) in [7, 11) is -2.57. The number of aromatic nitrogens is 1. The van der Waals surface area contributed by atoms with Gasteiger partial charge < -0.3 is 4.74 Å². The highest BCUT2D eigenvalue weighted by molar-refractivity contribution is 9.10. The van der Waals surface area contributed by atoms with E-state index in [2.05, 4.69) is 30.4 Å². The Hall–Kier alpha value is -1.77. The molecule has 0 aliphatic heterocycles. The van der Waals surface area contributed by atoms with Crippen molar-refractivity contribution < 1.29 is 17.9 Å². The molecule has 6 nitrogen and oxygen atoms in total. The fourth-order valence-electron chi connectivity index (χ4n) is 1.93. The van der Waals surface area contributed by atoms with Gasteiger partial charge in [0.15, 0.2) is 0 Å². The van der Waals surface area contributed by atoms with E-state index < -0.39 is 22.0 Å². The molecule has 8 heteroatoms. The summed E-state index contributed by atoms with van der Waals surface area (Å²) < 4.78 is 32.6. The first-order valence-corrected chi connectivity index (χ1v) is 8.94. The van der Waals surface area contributed by atoms with Gasteiger partial charge >= 0.3 is 5.97 Å². The van der Waals surface area contributed by atoms with Gasteiger partial charge in [-0.05, 0) is 53.2 Å². The number of esters is 1. The predicted octanol–water partition coefficient (Wildman–Crippen LogP) is 2.67. The van der Waals surface area contributed by atoms with Crippen LogP contribution in [0, 0.1) is 0 Å². The number of nitrogens with one attached hydrogen (secondary N) is 1. The molecule has 1 atom stereocenters. The maximum Gasteiger partial charge on any atom is 0.339 e. The lowest BCUT2D eigenvalue weighted by Crippen LogP contribution is -2.27. The molecule has 0 radical (unpaired) electrons. The van der Waals surface area contributed by atoms with Crippen molar-refractivity contribution in [3.8, 4) is 0 Å². The summed E-state index contributed by atoms with van der Waals surface area (Å²) in [4.78, 5) is 15.8. The fraction of sp³-hybridized carbons (Fsp3) is 0.200. The summed E-state index contributed by atoms with van der Waals surface area (Å²) in [5.41, 5.74) is 0.738. The van der Waals surface area contributed by atoms with Crippen molar-refractivity contribution in [1.29, 1.82) is 0 Å². The van der Waals surface area contributed by atoms with Crippen LogP contribution in [0.25, 0.3) is 0 Å². The number of ether oxygens (including phenoxy) is 1. The summed E-state index contributed by atoms with van der Waals surface area (Å²) >= 11 is 3.20. The molecular weight excluding hydrogens is 384 g/mol.